The molecule has 20 heavy (non-hydrogen) atoms. The number of fused-ring (bicyclic) bond motifs is 1. The van der Waals surface area contributed by atoms with Gasteiger partial charge in [0.05, 0.1) is 12.0 Å². The third-order valence-electron chi connectivity index (χ3n) is 3.52. The summed E-state index contributed by atoms with van der Waals surface area (Å²) in [5.41, 5.74) is 3.36. The topological polar surface area (TPSA) is 42.2 Å². The van der Waals surface area contributed by atoms with Crippen LogP contribution >= 0.6 is 0 Å². The lowest BCUT2D eigenvalue weighted by atomic mass is 9.92. The Morgan fingerprint density at radius 3 is 2.60 bits per heavy atom. The molecule has 1 aliphatic rings. The Hall–Kier alpha value is -2.47. The summed E-state index contributed by atoms with van der Waals surface area (Å²) in [4.78, 5) is 0. The Morgan fingerprint density at radius 2 is 1.85 bits per heavy atom. The van der Waals surface area contributed by atoms with Gasteiger partial charge in [0.15, 0.2) is 11.5 Å². The molecule has 0 radical (unpaired) electrons. The first-order valence-electron chi connectivity index (χ1n) is 6.61. The van der Waals surface area contributed by atoms with E-state index in [-0.39, 0.29) is 12.7 Å². The van der Waals surface area contributed by atoms with E-state index in [1.54, 1.807) is 0 Å². The van der Waals surface area contributed by atoms with Crippen LogP contribution in [0.4, 0.5) is 0 Å². The summed E-state index contributed by atoms with van der Waals surface area (Å²) >= 11 is 0. The number of aryl methyl sites for hydroxylation is 1. The largest absolute Gasteiger partial charge is 0.454 e. The fourth-order valence-corrected chi connectivity index (χ4v) is 2.33. The SMILES string of the molecule is Cc1ccc(CC(C#N)c2ccc3c(c2)OCO3)cc1. The highest BCUT2D eigenvalue weighted by atomic mass is 16.7. The van der Waals surface area contributed by atoms with Crippen molar-refractivity contribution in [1.82, 2.24) is 0 Å². The molecule has 1 heterocycles. The minimum absolute atomic E-state index is 0.174. The van der Waals surface area contributed by atoms with Gasteiger partial charge < -0.3 is 9.47 Å². The van der Waals surface area contributed by atoms with Crippen molar-refractivity contribution in [2.75, 3.05) is 6.79 Å². The quantitative estimate of drug-likeness (QED) is 0.852. The van der Waals surface area contributed by atoms with Gasteiger partial charge in [0.2, 0.25) is 6.79 Å². The molecular weight excluding hydrogens is 250 g/mol. The predicted molar refractivity (Wildman–Crippen MR) is 75.8 cm³/mol. The molecule has 100 valence electrons. The van der Waals surface area contributed by atoms with E-state index >= 15 is 0 Å². The van der Waals surface area contributed by atoms with Crippen molar-refractivity contribution < 1.29 is 9.47 Å². The first kappa shape index (κ1) is 12.6. The van der Waals surface area contributed by atoms with E-state index in [4.69, 9.17) is 9.47 Å². The Kier molecular flexibility index (Phi) is 3.30. The van der Waals surface area contributed by atoms with Crippen LogP contribution in [-0.4, -0.2) is 6.79 Å². The fraction of sp³-hybridized carbons (Fsp3) is 0.235. The number of hydrogen-bond donors (Lipinski definition) is 0. The van der Waals surface area contributed by atoms with E-state index in [9.17, 15) is 5.26 Å². The molecule has 0 aliphatic carbocycles. The number of nitrogens with zero attached hydrogens (tertiary/aromatic N) is 1. The molecule has 0 amide bonds. The summed E-state index contributed by atoms with van der Waals surface area (Å²) in [7, 11) is 0. The van der Waals surface area contributed by atoms with Crippen molar-refractivity contribution in [1.29, 1.82) is 5.26 Å². The molecule has 3 heteroatoms. The van der Waals surface area contributed by atoms with Crippen LogP contribution in [-0.2, 0) is 6.42 Å². The van der Waals surface area contributed by atoms with Gasteiger partial charge in [-0.3, -0.25) is 0 Å². The average Bonchev–Trinajstić information content (AvgIpc) is 2.94. The van der Waals surface area contributed by atoms with E-state index in [1.807, 2.05) is 18.2 Å². The maximum absolute atomic E-state index is 9.42. The normalized spacial score (nSPS) is 13.8. The smallest absolute Gasteiger partial charge is 0.231 e. The van der Waals surface area contributed by atoms with Crippen molar-refractivity contribution in [2.45, 2.75) is 19.3 Å². The van der Waals surface area contributed by atoms with Crippen LogP contribution < -0.4 is 9.47 Å². The summed E-state index contributed by atoms with van der Waals surface area (Å²) in [5.74, 6) is 1.31. The number of benzene rings is 2. The highest BCUT2D eigenvalue weighted by molar-refractivity contribution is 5.46. The molecule has 3 rings (SSSR count). The number of hydrogen-bond acceptors (Lipinski definition) is 3. The lowest BCUT2D eigenvalue weighted by Gasteiger charge is -2.10. The zero-order chi connectivity index (χ0) is 13.9. The van der Waals surface area contributed by atoms with Crippen LogP contribution in [0, 0.1) is 18.3 Å². The molecule has 0 fully saturated rings. The van der Waals surface area contributed by atoms with Gasteiger partial charge in [0.25, 0.3) is 0 Å². The maximum Gasteiger partial charge on any atom is 0.231 e. The van der Waals surface area contributed by atoms with Crippen LogP contribution in [0.5, 0.6) is 11.5 Å². The van der Waals surface area contributed by atoms with Crippen LogP contribution in [0.15, 0.2) is 42.5 Å². The molecule has 0 spiro atoms. The van der Waals surface area contributed by atoms with Gasteiger partial charge in [0, 0.05) is 0 Å². The summed E-state index contributed by atoms with van der Waals surface area (Å²) in [6.07, 6.45) is 0.705. The second-order valence-corrected chi connectivity index (χ2v) is 4.98. The first-order chi connectivity index (χ1) is 9.76. The third kappa shape index (κ3) is 2.46. The van der Waals surface area contributed by atoms with Gasteiger partial charge in [-0.05, 0) is 36.6 Å². The second-order valence-electron chi connectivity index (χ2n) is 4.98. The molecule has 2 aromatic rings. The zero-order valence-electron chi connectivity index (χ0n) is 11.3. The van der Waals surface area contributed by atoms with E-state index in [1.165, 1.54) is 11.1 Å². The van der Waals surface area contributed by atoms with Gasteiger partial charge >= 0.3 is 0 Å². The summed E-state index contributed by atoms with van der Waals surface area (Å²) in [6, 6.07) is 16.4. The Labute approximate surface area is 118 Å². The third-order valence-corrected chi connectivity index (χ3v) is 3.52. The molecule has 0 bridgehead atoms. The summed E-state index contributed by atoms with van der Waals surface area (Å²) < 4.78 is 10.7. The van der Waals surface area contributed by atoms with Crippen LogP contribution in [0.3, 0.4) is 0 Å². The van der Waals surface area contributed by atoms with Gasteiger partial charge in [-0.2, -0.15) is 5.26 Å². The highest BCUT2D eigenvalue weighted by Gasteiger charge is 2.18. The average molecular weight is 265 g/mol. The molecule has 0 aromatic heterocycles. The lowest BCUT2D eigenvalue weighted by molar-refractivity contribution is 0.174. The second kappa shape index (κ2) is 5.26. The number of ether oxygens (including phenoxy) is 2. The lowest BCUT2D eigenvalue weighted by Crippen LogP contribution is -2.00. The van der Waals surface area contributed by atoms with Crippen LogP contribution in [0.1, 0.15) is 22.6 Å². The van der Waals surface area contributed by atoms with Crippen molar-refractivity contribution >= 4 is 0 Å². The maximum atomic E-state index is 9.42. The summed E-state index contributed by atoms with van der Waals surface area (Å²) in [5, 5.41) is 9.42. The molecular formula is C17H15NO2. The first-order valence-corrected chi connectivity index (χ1v) is 6.61. The van der Waals surface area contributed by atoms with Gasteiger partial charge in [0.1, 0.15) is 0 Å². The molecule has 2 aromatic carbocycles. The van der Waals surface area contributed by atoms with E-state index < -0.39 is 0 Å². The number of nitriles is 1. The van der Waals surface area contributed by atoms with E-state index in [0.717, 1.165) is 17.1 Å². The standard InChI is InChI=1S/C17H15NO2/c1-12-2-4-13(5-3-12)8-15(10-18)14-6-7-16-17(9-14)20-11-19-16/h2-7,9,15H,8,11H2,1H3. The minimum Gasteiger partial charge on any atom is -0.454 e. The fourth-order valence-electron chi connectivity index (χ4n) is 2.33. The van der Waals surface area contributed by atoms with Crippen molar-refractivity contribution in [2.24, 2.45) is 0 Å². The molecule has 1 atom stereocenters. The van der Waals surface area contributed by atoms with Crippen LogP contribution in [0.25, 0.3) is 0 Å². The zero-order valence-corrected chi connectivity index (χ0v) is 11.3. The predicted octanol–water partition coefficient (Wildman–Crippen LogP) is 3.57. The molecule has 0 saturated carbocycles. The monoisotopic (exact) mass is 265 g/mol. The Morgan fingerprint density at radius 1 is 1.10 bits per heavy atom. The van der Waals surface area contributed by atoms with E-state index in [0.29, 0.717) is 6.42 Å². The molecule has 0 N–H and O–H groups in total. The Balaban J connectivity index is 1.83. The minimum atomic E-state index is -0.174. The molecule has 3 nitrogen and oxygen atoms in total. The van der Waals surface area contributed by atoms with Crippen molar-refractivity contribution in [3.63, 3.8) is 0 Å². The van der Waals surface area contributed by atoms with Crippen LogP contribution in [0.2, 0.25) is 0 Å². The van der Waals surface area contributed by atoms with Crippen molar-refractivity contribution in [3.8, 4) is 17.6 Å². The van der Waals surface area contributed by atoms with Crippen molar-refractivity contribution in [3.05, 3.63) is 59.2 Å². The molecule has 0 saturated heterocycles. The Bertz CT molecular complexity index is 656. The van der Waals surface area contributed by atoms with Gasteiger partial charge in [-0.1, -0.05) is 35.9 Å². The van der Waals surface area contributed by atoms with E-state index in [2.05, 4.69) is 37.3 Å². The number of rotatable bonds is 3. The highest BCUT2D eigenvalue weighted by Crippen LogP contribution is 2.35. The molecule has 1 aliphatic heterocycles. The molecule has 1 unspecified atom stereocenters. The summed E-state index contributed by atoms with van der Waals surface area (Å²) in [6.45, 7) is 2.32. The van der Waals surface area contributed by atoms with Gasteiger partial charge in [-0.15, -0.1) is 0 Å². The van der Waals surface area contributed by atoms with Gasteiger partial charge in [-0.25, -0.2) is 0 Å².